The van der Waals surface area contributed by atoms with Crippen molar-refractivity contribution < 1.29 is 33.4 Å². The van der Waals surface area contributed by atoms with E-state index in [1.54, 1.807) is 14.7 Å². The van der Waals surface area contributed by atoms with Crippen molar-refractivity contribution >= 4 is 57.8 Å². The highest BCUT2D eigenvalue weighted by Gasteiger charge is 2.41. The first kappa shape index (κ1) is 46.7. The molecule has 69 heavy (non-hydrogen) atoms. The topological polar surface area (TPSA) is 198 Å². The van der Waals surface area contributed by atoms with Gasteiger partial charge in [-0.25, -0.2) is 24.4 Å². The van der Waals surface area contributed by atoms with Crippen molar-refractivity contribution in [2.45, 2.75) is 83.6 Å². The molecule has 0 radical (unpaired) electrons. The molecule has 4 N–H and O–H groups in total. The monoisotopic (exact) mass is 936 g/mol. The van der Waals surface area contributed by atoms with Crippen LogP contribution in [0.2, 0.25) is 0 Å². The van der Waals surface area contributed by atoms with Gasteiger partial charge in [-0.1, -0.05) is 88.4 Å². The highest BCUT2D eigenvalue weighted by Crippen LogP contribution is 2.39. The normalized spacial score (nSPS) is 18.6. The molecule has 6 aromatic rings. The fourth-order valence-electron chi connectivity index (χ4n) is 10.2. The maximum atomic E-state index is 14.8. The number of urea groups is 1. The van der Waals surface area contributed by atoms with Crippen molar-refractivity contribution in [2.24, 2.45) is 11.8 Å². The molecule has 0 aliphatic carbocycles. The Labute approximate surface area is 400 Å². The van der Waals surface area contributed by atoms with Crippen molar-refractivity contribution in [3.05, 3.63) is 114 Å². The van der Waals surface area contributed by atoms with Crippen LogP contribution in [0.4, 0.5) is 20.1 Å². The maximum Gasteiger partial charge on any atom is 0.407 e. The smallest absolute Gasteiger partial charge is 0.407 e. The Kier molecular flexibility index (Phi) is 13.3. The summed E-state index contributed by atoms with van der Waals surface area (Å²) < 4.78 is 9.63. The molecular formula is C52H60N10O7. The van der Waals surface area contributed by atoms with Crippen LogP contribution in [0, 0.1) is 11.8 Å². The zero-order valence-corrected chi connectivity index (χ0v) is 39.9. The first-order chi connectivity index (χ1) is 33.3. The van der Waals surface area contributed by atoms with Crippen molar-refractivity contribution in [1.82, 2.24) is 45.3 Å². The minimum absolute atomic E-state index is 0.155. The summed E-state index contributed by atoms with van der Waals surface area (Å²) in [7, 11) is 2.56. The molecule has 360 valence electrons. The lowest BCUT2D eigenvalue weighted by Gasteiger charge is -2.29. The second kappa shape index (κ2) is 19.7. The Hall–Kier alpha value is -7.43. The molecule has 0 spiro atoms. The van der Waals surface area contributed by atoms with Gasteiger partial charge in [0.2, 0.25) is 11.8 Å². The number of nitrogens with one attached hydrogen (secondary N) is 4. The Morgan fingerprint density at radius 2 is 1.13 bits per heavy atom. The van der Waals surface area contributed by atoms with Crippen LogP contribution in [0.3, 0.4) is 0 Å². The van der Waals surface area contributed by atoms with Crippen LogP contribution in [0.5, 0.6) is 0 Å². The zero-order valence-electron chi connectivity index (χ0n) is 39.9. The van der Waals surface area contributed by atoms with Gasteiger partial charge in [0.05, 0.1) is 54.4 Å². The number of H-pyrrole nitrogens is 2. The summed E-state index contributed by atoms with van der Waals surface area (Å²) in [4.78, 5) is 91.2. The second-order valence-corrected chi connectivity index (χ2v) is 18.8. The number of fused-ring (bicyclic) bond motifs is 2. The molecule has 0 bridgehead atoms. The van der Waals surface area contributed by atoms with Gasteiger partial charge in [0, 0.05) is 31.9 Å². The molecule has 9 rings (SSSR count). The molecule has 3 fully saturated rings. The predicted octanol–water partition coefficient (Wildman–Crippen LogP) is 8.23. The van der Waals surface area contributed by atoms with E-state index in [0.717, 1.165) is 52.5 Å². The molecule has 17 heteroatoms. The Bertz CT molecular complexity index is 2860. The first-order valence-corrected chi connectivity index (χ1v) is 23.9. The molecule has 2 aromatic heterocycles. The van der Waals surface area contributed by atoms with Crippen molar-refractivity contribution in [1.29, 1.82) is 0 Å². The van der Waals surface area contributed by atoms with Crippen LogP contribution in [-0.4, -0.2) is 117 Å². The lowest BCUT2D eigenvalue weighted by molar-refractivity contribution is -0.136. The van der Waals surface area contributed by atoms with E-state index in [2.05, 4.69) is 57.0 Å². The second-order valence-electron chi connectivity index (χ2n) is 18.8. The van der Waals surface area contributed by atoms with E-state index < -0.39 is 30.3 Å². The molecule has 4 aromatic carbocycles. The highest BCUT2D eigenvalue weighted by atomic mass is 16.5. The summed E-state index contributed by atoms with van der Waals surface area (Å²) in [5.74, 6) is 0.644. The number of carbonyl (C=O) groups is 5. The van der Waals surface area contributed by atoms with E-state index in [0.29, 0.717) is 61.0 Å². The van der Waals surface area contributed by atoms with Gasteiger partial charge >= 0.3 is 18.2 Å². The summed E-state index contributed by atoms with van der Waals surface area (Å²) in [5, 5.41) is 5.43. The molecule has 3 saturated heterocycles. The van der Waals surface area contributed by atoms with Gasteiger partial charge in [0.25, 0.3) is 0 Å². The average Bonchev–Trinajstić information content (AvgIpc) is 4.22. The van der Waals surface area contributed by atoms with Gasteiger partial charge in [-0.15, -0.1) is 0 Å². The number of likely N-dealkylation sites (tertiary alicyclic amines) is 2. The van der Waals surface area contributed by atoms with Gasteiger partial charge in [-0.05, 0) is 90.1 Å². The standard InChI is InChI=1S/C52H60N10O7/c1-30(2)43(57-50(65)68-5)48(63)60-24-10-14-41(60)46-53-37-22-20-35(28-39(37)55-46)45(34-18-16-33(17-19-34)32-12-8-7-9-13-32)62-27-26-59(52(62)67)36-21-23-38-40(29-36)56-47(54-38)42-15-11-25-61(42)49(64)44(31(3)4)58-51(66)69-6/h7-9,12-13,16-23,28-31,41-45H,10-11,14-15,24-27H2,1-6H3,(H,53,55)(H,54,56)(H,57,65)(H,58,66)/t41-,42-,43-,44-,45?/m0/s1. The fraction of sp³-hybridized carbons (Fsp3) is 0.404. The van der Waals surface area contributed by atoms with E-state index in [1.165, 1.54) is 14.2 Å². The van der Waals surface area contributed by atoms with Crippen molar-refractivity contribution in [2.75, 3.05) is 45.3 Å². The molecule has 1 unspecified atom stereocenters. The molecule has 3 aliphatic rings. The summed E-state index contributed by atoms with van der Waals surface area (Å²) in [6, 6.07) is 27.6. The number of hydrogen-bond acceptors (Lipinski definition) is 9. The number of aromatic amines is 2. The lowest BCUT2D eigenvalue weighted by Crippen LogP contribution is -2.51. The van der Waals surface area contributed by atoms with Crippen LogP contribution in [0.15, 0.2) is 91.0 Å². The van der Waals surface area contributed by atoms with Crippen LogP contribution in [-0.2, 0) is 19.1 Å². The van der Waals surface area contributed by atoms with Gasteiger partial charge in [0.1, 0.15) is 23.7 Å². The maximum absolute atomic E-state index is 14.8. The third-order valence-corrected chi connectivity index (χ3v) is 13.8. The van der Waals surface area contributed by atoms with E-state index in [4.69, 9.17) is 19.4 Å². The Balaban J connectivity index is 0.998. The van der Waals surface area contributed by atoms with Crippen LogP contribution >= 0.6 is 0 Å². The zero-order chi connectivity index (χ0) is 48.5. The van der Waals surface area contributed by atoms with Crippen molar-refractivity contribution in [3.8, 4) is 11.1 Å². The highest BCUT2D eigenvalue weighted by molar-refractivity contribution is 5.97. The number of anilines is 1. The minimum Gasteiger partial charge on any atom is -0.453 e. The molecule has 5 heterocycles. The number of imidazole rings is 2. The summed E-state index contributed by atoms with van der Waals surface area (Å²) in [5.41, 5.74) is 7.67. The number of nitrogens with zero attached hydrogens (tertiary/aromatic N) is 6. The summed E-state index contributed by atoms with van der Waals surface area (Å²) >= 11 is 0. The number of benzene rings is 4. The summed E-state index contributed by atoms with van der Waals surface area (Å²) in [6.45, 7) is 9.53. The SMILES string of the molecule is COC(=O)N[C@H](C(=O)N1CCC[C@H]1c1nc2cc(C(c3ccc(-c4ccccc4)cc3)N3CCN(c4ccc5[nH]c([C@@H]6CCCN6C(=O)[C@@H](NC(=O)OC)C(C)C)nc5c4)C3=O)ccc2[nH]1)C(C)C. The molecule has 6 amide bonds. The molecule has 5 atom stereocenters. The molecule has 0 saturated carbocycles. The third-order valence-electron chi connectivity index (χ3n) is 13.8. The van der Waals surface area contributed by atoms with Gasteiger partial charge < -0.3 is 44.8 Å². The number of ether oxygens (including phenoxy) is 2. The third kappa shape index (κ3) is 9.29. The number of aromatic nitrogens is 4. The number of carbonyl (C=O) groups excluding carboxylic acids is 5. The summed E-state index contributed by atoms with van der Waals surface area (Å²) in [6.07, 6.45) is 1.71. The average molecular weight is 937 g/mol. The van der Waals surface area contributed by atoms with E-state index in [-0.39, 0.29) is 41.8 Å². The van der Waals surface area contributed by atoms with E-state index in [1.807, 2.05) is 87.2 Å². The number of rotatable bonds is 13. The van der Waals surface area contributed by atoms with Crippen LogP contribution < -0.4 is 15.5 Å². The Morgan fingerprint density at radius 3 is 1.67 bits per heavy atom. The Morgan fingerprint density at radius 1 is 0.623 bits per heavy atom. The van der Waals surface area contributed by atoms with Gasteiger partial charge in [-0.2, -0.15) is 0 Å². The van der Waals surface area contributed by atoms with Crippen molar-refractivity contribution in [3.63, 3.8) is 0 Å². The van der Waals surface area contributed by atoms with E-state index >= 15 is 0 Å². The van der Waals surface area contributed by atoms with E-state index in [9.17, 15) is 24.0 Å². The number of amides is 6. The molecule has 3 aliphatic heterocycles. The fourth-order valence-corrected chi connectivity index (χ4v) is 10.2. The number of alkyl carbamates (subject to hydrolysis) is 2. The lowest BCUT2D eigenvalue weighted by atomic mass is 9.94. The number of methoxy groups -OCH3 is 2. The van der Waals surface area contributed by atoms with Crippen LogP contribution in [0.25, 0.3) is 33.2 Å². The predicted molar refractivity (Wildman–Crippen MR) is 261 cm³/mol. The number of hydrogen-bond donors (Lipinski definition) is 4. The van der Waals surface area contributed by atoms with Gasteiger partial charge in [-0.3, -0.25) is 14.5 Å². The first-order valence-electron chi connectivity index (χ1n) is 23.9. The van der Waals surface area contributed by atoms with Gasteiger partial charge in [0.15, 0.2) is 0 Å². The molecule has 17 nitrogen and oxygen atoms in total. The largest absolute Gasteiger partial charge is 0.453 e. The van der Waals surface area contributed by atoms with Crippen LogP contribution in [0.1, 0.15) is 94.3 Å². The molecular weight excluding hydrogens is 877 g/mol. The minimum atomic E-state index is -0.749. The quantitative estimate of drug-likeness (QED) is 0.0881.